The summed E-state index contributed by atoms with van der Waals surface area (Å²) in [5, 5.41) is 13.8. The minimum atomic E-state index is 0.0970. The Balaban J connectivity index is 2.20. The lowest BCUT2D eigenvalue weighted by Gasteiger charge is -2.13. The van der Waals surface area contributed by atoms with Crippen LogP contribution in [0.3, 0.4) is 0 Å². The highest BCUT2D eigenvalue weighted by Crippen LogP contribution is 2.29. The lowest BCUT2D eigenvalue weighted by Crippen LogP contribution is -2.31. The number of para-hydroxylation sites is 1. The molecule has 0 radical (unpaired) electrons. The molecule has 0 unspecified atom stereocenters. The number of rotatable bonds is 5. The average Bonchev–Trinajstić information content (AvgIpc) is 2.67. The van der Waals surface area contributed by atoms with Gasteiger partial charge in [0.05, 0.1) is 6.61 Å². The zero-order valence-corrected chi connectivity index (χ0v) is 10.5. The number of furan rings is 1. The Bertz CT molecular complexity index is 491. The van der Waals surface area contributed by atoms with Gasteiger partial charge in [-0.05, 0) is 24.1 Å². The molecule has 0 saturated carbocycles. The first kappa shape index (κ1) is 12.4. The molecule has 92 valence electrons. The Labute approximate surface area is 105 Å². The molecule has 2 rings (SSSR count). The number of hydrogen-bond acceptors (Lipinski definition) is 3. The highest BCUT2D eigenvalue weighted by Gasteiger charge is 2.13. The van der Waals surface area contributed by atoms with E-state index in [-0.39, 0.29) is 12.6 Å². The fourth-order valence-electron chi connectivity index (χ4n) is 1.82. The minimum Gasteiger partial charge on any atom is -0.444 e. The topological polar surface area (TPSA) is 45.4 Å². The normalized spacial score (nSPS) is 13.1. The zero-order chi connectivity index (χ0) is 12.3. The Morgan fingerprint density at radius 3 is 2.88 bits per heavy atom. The van der Waals surface area contributed by atoms with Gasteiger partial charge in [-0.15, -0.1) is 0 Å². The summed E-state index contributed by atoms with van der Waals surface area (Å²) < 4.78 is 5.46. The summed E-state index contributed by atoms with van der Waals surface area (Å²) in [7, 11) is 0. The first-order chi connectivity index (χ1) is 8.26. The van der Waals surface area contributed by atoms with Crippen LogP contribution in [0, 0.1) is 0 Å². The van der Waals surface area contributed by atoms with E-state index in [1.54, 1.807) is 0 Å². The number of hydrogen-bond donors (Lipinski definition) is 2. The zero-order valence-electron chi connectivity index (χ0n) is 9.74. The van der Waals surface area contributed by atoms with Crippen LogP contribution in [0.1, 0.15) is 18.9 Å². The molecule has 0 bridgehead atoms. The van der Waals surface area contributed by atoms with Crippen molar-refractivity contribution in [3.05, 3.63) is 35.0 Å². The molecule has 0 aliphatic carbocycles. The van der Waals surface area contributed by atoms with Crippen LogP contribution in [0.4, 0.5) is 0 Å². The standard InChI is InChI=1S/C13H16ClNO2/c1-2-9(8-16)15-7-11-10-5-3-4-6-12(10)17-13(11)14/h3-6,9,15-16H,2,7-8H2,1H3/t9-/m0/s1. The molecule has 2 N–H and O–H groups in total. The molecular formula is C13H16ClNO2. The van der Waals surface area contributed by atoms with Gasteiger partial charge in [-0.3, -0.25) is 0 Å². The third-order valence-electron chi connectivity index (χ3n) is 2.93. The van der Waals surface area contributed by atoms with E-state index in [0.717, 1.165) is 23.0 Å². The molecule has 0 spiro atoms. The third-order valence-corrected chi connectivity index (χ3v) is 3.23. The van der Waals surface area contributed by atoms with Gasteiger partial charge in [0.15, 0.2) is 5.22 Å². The van der Waals surface area contributed by atoms with E-state index in [4.69, 9.17) is 21.1 Å². The Kier molecular flexibility index (Phi) is 4.05. The molecule has 3 nitrogen and oxygen atoms in total. The summed E-state index contributed by atoms with van der Waals surface area (Å²) in [5.41, 5.74) is 1.75. The lowest BCUT2D eigenvalue weighted by atomic mass is 10.1. The largest absolute Gasteiger partial charge is 0.444 e. The Morgan fingerprint density at radius 1 is 1.41 bits per heavy atom. The van der Waals surface area contributed by atoms with Gasteiger partial charge in [0.25, 0.3) is 0 Å². The van der Waals surface area contributed by atoms with E-state index >= 15 is 0 Å². The number of nitrogens with one attached hydrogen (secondary N) is 1. The highest BCUT2D eigenvalue weighted by molar-refractivity contribution is 6.30. The average molecular weight is 254 g/mol. The Morgan fingerprint density at radius 2 is 2.18 bits per heavy atom. The van der Waals surface area contributed by atoms with Crippen LogP contribution in [0.2, 0.25) is 5.22 Å². The molecular weight excluding hydrogens is 238 g/mol. The molecule has 2 aromatic rings. The molecule has 0 fully saturated rings. The van der Waals surface area contributed by atoms with Gasteiger partial charge in [-0.1, -0.05) is 25.1 Å². The van der Waals surface area contributed by atoms with Crippen molar-refractivity contribution < 1.29 is 9.52 Å². The second-order valence-corrected chi connectivity index (χ2v) is 4.36. The number of fused-ring (bicyclic) bond motifs is 1. The molecule has 0 aliphatic heterocycles. The number of benzene rings is 1. The molecule has 4 heteroatoms. The van der Waals surface area contributed by atoms with E-state index in [2.05, 4.69) is 5.32 Å². The molecule has 0 saturated heterocycles. The predicted octanol–water partition coefficient (Wildman–Crippen LogP) is 2.95. The van der Waals surface area contributed by atoms with Crippen LogP contribution in [-0.4, -0.2) is 17.8 Å². The van der Waals surface area contributed by atoms with Crippen molar-refractivity contribution in [2.75, 3.05) is 6.61 Å². The maximum atomic E-state index is 9.12. The highest BCUT2D eigenvalue weighted by atomic mass is 35.5. The van der Waals surface area contributed by atoms with Crippen molar-refractivity contribution in [3.63, 3.8) is 0 Å². The molecule has 1 aromatic heterocycles. The summed E-state index contributed by atoms with van der Waals surface area (Å²) in [6, 6.07) is 7.86. The number of aliphatic hydroxyl groups is 1. The van der Waals surface area contributed by atoms with Crippen molar-refractivity contribution in [2.45, 2.75) is 25.9 Å². The van der Waals surface area contributed by atoms with E-state index in [1.807, 2.05) is 31.2 Å². The fraction of sp³-hybridized carbons (Fsp3) is 0.385. The van der Waals surface area contributed by atoms with Crippen LogP contribution in [0.15, 0.2) is 28.7 Å². The lowest BCUT2D eigenvalue weighted by molar-refractivity contribution is 0.238. The summed E-state index contributed by atoms with van der Waals surface area (Å²) in [6.45, 7) is 2.77. The second kappa shape index (κ2) is 5.54. The molecule has 0 amide bonds. The van der Waals surface area contributed by atoms with E-state index < -0.39 is 0 Å². The van der Waals surface area contributed by atoms with E-state index in [9.17, 15) is 0 Å². The van der Waals surface area contributed by atoms with Gasteiger partial charge in [-0.25, -0.2) is 0 Å². The van der Waals surface area contributed by atoms with Crippen LogP contribution < -0.4 is 5.32 Å². The van der Waals surface area contributed by atoms with E-state index in [0.29, 0.717) is 11.8 Å². The number of aliphatic hydroxyl groups excluding tert-OH is 1. The van der Waals surface area contributed by atoms with Gasteiger partial charge in [0.1, 0.15) is 5.58 Å². The van der Waals surface area contributed by atoms with Crippen LogP contribution in [0.5, 0.6) is 0 Å². The molecule has 17 heavy (non-hydrogen) atoms. The Hall–Kier alpha value is -1.03. The van der Waals surface area contributed by atoms with Gasteiger partial charge in [0.2, 0.25) is 0 Å². The second-order valence-electron chi connectivity index (χ2n) is 4.02. The monoisotopic (exact) mass is 253 g/mol. The third kappa shape index (κ3) is 2.63. The first-order valence-electron chi connectivity index (χ1n) is 5.76. The number of halogens is 1. The fourth-order valence-corrected chi connectivity index (χ4v) is 2.07. The summed E-state index contributed by atoms with van der Waals surface area (Å²) in [5.74, 6) is 0. The maximum absolute atomic E-state index is 9.12. The van der Waals surface area contributed by atoms with Gasteiger partial charge in [0, 0.05) is 23.5 Å². The molecule has 1 aromatic carbocycles. The van der Waals surface area contributed by atoms with Crippen LogP contribution in [-0.2, 0) is 6.54 Å². The minimum absolute atomic E-state index is 0.0970. The first-order valence-corrected chi connectivity index (χ1v) is 6.14. The molecule has 1 atom stereocenters. The van der Waals surface area contributed by atoms with Crippen molar-refractivity contribution in [2.24, 2.45) is 0 Å². The van der Waals surface area contributed by atoms with Crippen molar-refractivity contribution in [1.82, 2.24) is 5.32 Å². The SMILES string of the molecule is CC[C@@H](CO)NCc1c(Cl)oc2ccccc12. The summed E-state index contributed by atoms with van der Waals surface area (Å²) in [6.07, 6.45) is 0.879. The smallest absolute Gasteiger partial charge is 0.199 e. The molecule has 1 heterocycles. The van der Waals surface area contributed by atoms with Gasteiger partial charge in [-0.2, -0.15) is 0 Å². The van der Waals surface area contributed by atoms with Crippen molar-refractivity contribution in [3.8, 4) is 0 Å². The summed E-state index contributed by atoms with van der Waals surface area (Å²) in [4.78, 5) is 0. The van der Waals surface area contributed by atoms with Crippen LogP contribution >= 0.6 is 11.6 Å². The van der Waals surface area contributed by atoms with Crippen molar-refractivity contribution in [1.29, 1.82) is 0 Å². The molecule has 0 aliphatic rings. The van der Waals surface area contributed by atoms with Crippen molar-refractivity contribution >= 4 is 22.6 Å². The van der Waals surface area contributed by atoms with E-state index in [1.165, 1.54) is 0 Å². The van der Waals surface area contributed by atoms with Gasteiger partial charge >= 0.3 is 0 Å². The quantitative estimate of drug-likeness (QED) is 0.861. The predicted molar refractivity (Wildman–Crippen MR) is 69.2 cm³/mol. The summed E-state index contributed by atoms with van der Waals surface area (Å²) >= 11 is 6.07. The van der Waals surface area contributed by atoms with Gasteiger partial charge < -0.3 is 14.8 Å². The van der Waals surface area contributed by atoms with Crippen LogP contribution in [0.25, 0.3) is 11.0 Å². The maximum Gasteiger partial charge on any atom is 0.199 e.